The fourth-order valence-corrected chi connectivity index (χ4v) is 0.218. The van der Waals surface area contributed by atoms with Crippen molar-refractivity contribution in [3.8, 4) is 0 Å². The molecule has 0 aliphatic rings. The second-order valence-corrected chi connectivity index (χ2v) is 1.16. The molecule has 0 unspecified atom stereocenters. The number of hydrogen-bond donors (Lipinski definition) is 4. The van der Waals surface area contributed by atoms with Gasteiger partial charge in [-0.15, -0.1) is 0 Å². The van der Waals surface area contributed by atoms with Crippen LogP contribution in [0.1, 0.15) is 0 Å². The second-order valence-electron chi connectivity index (χ2n) is 1.16. The first-order chi connectivity index (χ1) is 3.77. The molecule has 0 heterocycles. The predicted molar refractivity (Wildman–Crippen MR) is 29.6 cm³/mol. The first-order valence-corrected chi connectivity index (χ1v) is 2.22. The van der Waals surface area contributed by atoms with Gasteiger partial charge in [-0.1, -0.05) is 0 Å². The summed E-state index contributed by atoms with van der Waals surface area (Å²) in [4.78, 5) is 0. The average Bonchev–Trinajstić information content (AvgIpc) is 1.66. The Bertz CT molecular complexity index is 72.4. The van der Waals surface area contributed by atoms with Gasteiger partial charge in [0.25, 0.3) is 0 Å². The molecule has 0 radical (unpaired) electrons. The summed E-state index contributed by atoms with van der Waals surface area (Å²) in [6.45, 7) is 0. The van der Waals surface area contributed by atoms with E-state index in [-0.39, 0.29) is 0 Å². The monoisotopic (exact) mass is 118 g/mol. The van der Waals surface area contributed by atoms with Crippen LogP contribution in [0, 0.1) is 0 Å². The Balaban J connectivity index is 3.03. The van der Waals surface area contributed by atoms with Crippen molar-refractivity contribution in [1.29, 1.82) is 0 Å². The molecule has 0 bridgehead atoms. The third kappa shape index (κ3) is 5.26. The van der Waals surface area contributed by atoms with Crippen LogP contribution in [-0.4, -0.2) is 23.7 Å². The van der Waals surface area contributed by atoms with Crippen molar-refractivity contribution in [3.63, 3.8) is 0 Å². The van der Waals surface area contributed by atoms with Crippen LogP contribution in [0.4, 0.5) is 0 Å². The molecule has 0 aliphatic heterocycles. The van der Waals surface area contributed by atoms with E-state index in [0.29, 0.717) is 0 Å². The van der Waals surface area contributed by atoms with Gasteiger partial charge in [0, 0.05) is 19.4 Å². The van der Waals surface area contributed by atoms with E-state index in [1.807, 2.05) is 0 Å². The van der Waals surface area contributed by atoms with Crippen LogP contribution in [-0.2, 0) is 0 Å². The molecule has 4 heteroatoms. The van der Waals surface area contributed by atoms with Gasteiger partial charge in [0.15, 0.2) is 0 Å². The lowest BCUT2D eigenvalue weighted by molar-refractivity contribution is -0.0556. The Kier molecular flexibility index (Phi) is 4.01. The summed E-state index contributed by atoms with van der Waals surface area (Å²) in [7, 11) is 1.71. The van der Waals surface area contributed by atoms with E-state index in [2.05, 4.69) is 10.6 Å². The van der Waals surface area contributed by atoms with Crippen LogP contribution in [0.2, 0.25) is 0 Å². The van der Waals surface area contributed by atoms with E-state index in [1.54, 1.807) is 13.2 Å². The maximum Gasteiger partial charge on any atom is 0.232 e. The summed E-state index contributed by atoms with van der Waals surface area (Å²) in [6, 6.07) is 0. The van der Waals surface area contributed by atoms with Gasteiger partial charge in [-0.25, -0.2) is 0 Å². The molecule has 0 aromatic rings. The number of nitrogens with one attached hydrogen (secondary N) is 2. The molecule has 0 atom stereocenters. The molecule has 4 N–H and O–H groups in total. The van der Waals surface area contributed by atoms with E-state index in [9.17, 15) is 0 Å². The van der Waals surface area contributed by atoms with Crippen LogP contribution < -0.4 is 10.6 Å². The summed E-state index contributed by atoms with van der Waals surface area (Å²) in [5.74, 6) is 0. The third-order valence-electron chi connectivity index (χ3n) is 0.495. The topological polar surface area (TPSA) is 64.5 Å². The van der Waals surface area contributed by atoms with Crippen molar-refractivity contribution >= 4 is 0 Å². The Morgan fingerprint density at radius 3 is 2.38 bits per heavy atom. The minimum atomic E-state index is -1.47. The van der Waals surface area contributed by atoms with E-state index >= 15 is 0 Å². The summed E-state index contributed by atoms with van der Waals surface area (Å²) in [5, 5.41) is 21.2. The van der Waals surface area contributed by atoms with Gasteiger partial charge in [-0.3, -0.25) is 0 Å². The van der Waals surface area contributed by atoms with Gasteiger partial charge in [-0.05, 0) is 0 Å². The molecule has 0 saturated heterocycles. The molecular weight excluding hydrogens is 108 g/mol. The zero-order valence-corrected chi connectivity index (χ0v) is 4.63. The number of rotatable bonds is 3. The summed E-state index contributed by atoms with van der Waals surface area (Å²) in [5.41, 5.74) is 0. The highest BCUT2D eigenvalue weighted by Crippen LogP contribution is 1.63. The lowest BCUT2D eigenvalue weighted by Gasteiger charge is -1.99. The van der Waals surface area contributed by atoms with Gasteiger partial charge in [0.05, 0.1) is 0 Å². The van der Waals surface area contributed by atoms with E-state index in [1.165, 1.54) is 6.20 Å². The molecule has 4 nitrogen and oxygen atoms in total. The van der Waals surface area contributed by atoms with Crippen LogP contribution >= 0.6 is 0 Å². The van der Waals surface area contributed by atoms with Crippen molar-refractivity contribution < 1.29 is 10.2 Å². The molecule has 0 aliphatic carbocycles. The van der Waals surface area contributed by atoms with Crippen molar-refractivity contribution in [2.75, 3.05) is 7.05 Å². The zero-order valence-electron chi connectivity index (χ0n) is 4.63. The van der Waals surface area contributed by atoms with Crippen molar-refractivity contribution in [3.05, 3.63) is 12.4 Å². The predicted octanol–water partition coefficient (Wildman–Crippen LogP) is -1.47. The number of aliphatic hydroxyl groups is 2. The highest BCUT2D eigenvalue weighted by Gasteiger charge is 1.83. The van der Waals surface area contributed by atoms with Gasteiger partial charge in [-0.2, -0.15) is 0 Å². The Morgan fingerprint density at radius 1 is 1.38 bits per heavy atom. The molecule has 0 spiro atoms. The number of hydrogen-bond acceptors (Lipinski definition) is 4. The van der Waals surface area contributed by atoms with E-state index in [4.69, 9.17) is 10.2 Å². The Morgan fingerprint density at radius 2 is 2.00 bits per heavy atom. The SMILES string of the molecule is CN/C=C\NC(O)O. The molecule has 0 saturated carbocycles. The zero-order chi connectivity index (χ0) is 6.41. The Labute approximate surface area is 47.8 Å². The minimum absolute atomic E-state index is 1.39. The maximum absolute atomic E-state index is 8.14. The first kappa shape index (κ1) is 7.26. The molecule has 0 rings (SSSR count). The molecular formula is C4H10N2O2. The van der Waals surface area contributed by atoms with Crippen LogP contribution in [0.15, 0.2) is 12.4 Å². The van der Waals surface area contributed by atoms with Gasteiger partial charge in [0.2, 0.25) is 6.41 Å². The van der Waals surface area contributed by atoms with Crippen LogP contribution in [0.5, 0.6) is 0 Å². The first-order valence-electron chi connectivity index (χ1n) is 2.22. The van der Waals surface area contributed by atoms with Gasteiger partial charge >= 0.3 is 0 Å². The average molecular weight is 118 g/mol. The van der Waals surface area contributed by atoms with Crippen molar-refractivity contribution in [2.24, 2.45) is 0 Å². The van der Waals surface area contributed by atoms with Crippen molar-refractivity contribution in [1.82, 2.24) is 10.6 Å². The third-order valence-corrected chi connectivity index (χ3v) is 0.495. The normalized spacial score (nSPS) is 10.5. The summed E-state index contributed by atoms with van der Waals surface area (Å²) < 4.78 is 0. The molecule has 0 aromatic heterocycles. The lowest BCUT2D eigenvalue weighted by Crippen LogP contribution is -2.22. The van der Waals surface area contributed by atoms with Gasteiger partial charge in [0.1, 0.15) is 0 Å². The molecule has 0 fully saturated rings. The standard InChI is InChI=1S/C4H10N2O2/c1-5-2-3-6-4(7)8/h2-8H,1H3/b3-2-. The van der Waals surface area contributed by atoms with E-state index in [0.717, 1.165) is 0 Å². The minimum Gasteiger partial charge on any atom is -0.393 e. The fourth-order valence-electron chi connectivity index (χ4n) is 0.218. The van der Waals surface area contributed by atoms with Crippen molar-refractivity contribution in [2.45, 2.75) is 6.41 Å². The molecule has 8 heavy (non-hydrogen) atoms. The summed E-state index contributed by atoms with van der Waals surface area (Å²) in [6.07, 6.45) is 1.46. The summed E-state index contributed by atoms with van der Waals surface area (Å²) >= 11 is 0. The molecule has 0 amide bonds. The van der Waals surface area contributed by atoms with E-state index < -0.39 is 6.41 Å². The number of aliphatic hydroxyl groups excluding tert-OH is 1. The largest absolute Gasteiger partial charge is 0.393 e. The molecule has 0 aromatic carbocycles. The highest BCUT2D eigenvalue weighted by molar-refractivity contribution is 4.73. The smallest absolute Gasteiger partial charge is 0.232 e. The van der Waals surface area contributed by atoms with Gasteiger partial charge < -0.3 is 20.8 Å². The van der Waals surface area contributed by atoms with Crippen LogP contribution in [0.3, 0.4) is 0 Å². The lowest BCUT2D eigenvalue weighted by atomic mass is 10.8. The van der Waals surface area contributed by atoms with Crippen LogP contribution in [0.25, 0.3) is 0 Å². The second kappa shape index (κ2) is 4.42. The Hall–Kier alpha value is -0.740. The maximum atomic E-state index is 8.14. The fraction of sp³-hybridized carbons (Fsp3) is 0.500. The molecule has 48 valence electrons. The highest BCUT2D eigenvalue weighted by atomic mass is 16.5. The quantitative estimate of drug-likeness (QED) is 0.342.